The van der Waals surface area contributed by atoms with E-state index >= 15 is 0 Å². The molecule has 0 fully saturated rings. The third-order valence-corrected chi connectivity index (χ3v) is 4.16. The van der Waals surface area contributed by atoms with Gasteiger partial charge in [-0.3, -0.25) is 20.2 Å². The molecule has 0 saturated heterocycles. The first-order valence-electron chi connectivity index (χ1n) is 8.96. The van der Waals surface area contributed by atoms with Crippen LogP contribution in [0.3, 0.4) is 0 Å². The number of non-ortho nitro benzene ring substituents is 1. The molecule has 0 atom stereocenters. The Labute approximate surface area is 176 Å². The Kier molecular flexibility index (Phi) is 6.59. The monoisotopic (exact) mass is 417 g/mol. The van der Waals surface area contributed by atoms with Crippen LogP contribution in [0.5, 0.6) is 0 Å². The van der Waals surface area contributed by atoms with Crippen LogP contribution in [0.15, 0.2) is 90.1 Å². The highest BCUT2D eigenvalue weighted by Gasteiger charge is 2.13. The fraction of sp³-hybridized carbons (Fsp3) is 0. The second-order valence-electron chi connectivity index (χ2n) is 6.17. The molecule has 3 rings (SSSR count). The maximum absolute atomic E-state index is 12.3. The van der Waals surface area contributed by atoms with Crippen molar-refractivity contribution in [3.63, 3.8) is 0 Å². The molecule has 0 aromatic heterocycles. The number of rotatable bonds is 7. The number of carbonyl (C=O) groups excluding carboxylic acids is 1. The summed E-state index contributed by atoms with van der Waals surface area (Å²) in [6, 6.07) is 19.9. The van der Waals surface area contributed by atoms with E-state index in [9.17, 15) is 25.0 Å². The number of nitrogens with zero attached hydrogens (tertiary/aromatic N) is 3. The van der Waals surface area contributed by atoms with E-state index in [-0.39, 0.29) is 22.6 Å². The quantitative estimate of drug-likeness (QED) is 0.236. The maximum Gasteiger partial charge on any atom is 0.365 e. The van der Waals surface area contributed by atoms with Crippen molar-refractivity contribution in [2.24, 2.45) is 5.16 Å². The number of benzene rings is 3. The lowest BCUT2D eigenvalue weighted by Crippen LogP contribution is -2.05. The average Bonchev–Trinajstić information content (AvgIpc) is 2.79. The Morgan fingerprint density at radius 2 is 1.45 bits per heavy atom. The van der Waals surface area contributed by atoms with Crippen LogP contribution in [0.2, 0.25) is 0 Å². The number of allylic oxidation sites excluding steroid dienone is 1. The molecule has 0 amide bonds. The zero-order valence-electron chi connectivity index (χ0n) is 16.0. The van der Waals surface area contributed by atoms with Crippen LogP contribution in [0, 0.1) is 20.2 Å². The van der Waals surface area contributed by atoms with E-state index in [0.717, 1.165) is 0 Å². The lowest BCUT2D eigenvalue weighted by molar-refractivity contribution is -0.385. The highest BCUT2D eigenvalue weighted by molar-refractivity contribution is 6.11. The van der Waals surface area contributed by atoms with E-state index in [4.69, 9.17) is 4.84 Å². The van der Waals surface area contributed by atoms with Crippen molar-refractivity contribution in [1.82, 2.24) is 0 Å². The molecule has 0 heterocycles. The highest BCUT2D eigenvalue weighted by Crippen LogP contribution is 2.20. The normalized spacial score (nSPS) is 11.3. The molecule has 0 aliphatic heterocycles. The first-order valence-corrected chi connectivity index (χ1v) is 8.96. The Morgan fingerprint density at radius 3 is 2.10 bits per heavy atom. The smallest absolute Gasteiger partial charge is 0.312 e. The first-order chi connectivity index (χ1) is 15.0. The number of carbonyl (C=O) groups is 1. The molecule has 0 N–H and O–H groups in total. The summed E-state index contributed by atoms with van der Waals surface area (Å²) in [5.41, 5.74) is 1.09. The Morgan fingerprint density at radius 1 is 0.806 bits per heavy atom. The molecule has 0 unspecified atom stereocenters. The molecular weight excluding hydrogens is 402 g/mol. The Balaban J connectivity index is 1.88. The lowest BCUT2D eigenvalue weighted by Gasteiger charge is -2.03. The third-order valence-electron chi connectivity index (χ3n) is 4.16. The van der Waals surface area contributed by atoms with Crippen molar-refractivity contribution in [1.29, 1.82) is 0 Å². The Hall–Kier alpha value is -4.66. The molecule has 0 aliphatic rings. The largest absolute Gasteiger partial charge is 0.365 e. The molecule has 0 bridgehead atoms. The second kappa shape index (κ2) is 9.70. The van der Waals surface area contributed by atoms with Crippen LogP contribution in [-0.4, -0.2) is 21.5 Å². The number of hydrogen-bond acceptors (Lipinski definition) is 7. The van der Waals surface area contributed by atoms with Gasteiger partial charge in [0.2, 0.25) is 0 Å². The minimum absolute atomic E-state index is 0.0750. The molecule has 0 aliphatic carbocycles. The van der Waals surface area contributed by atoms with E-state index in [0.29, 0.717) is 11.1 Å². The highest BCUT2D eigenvalue weighted by atomic mass is 16.7. The van der Waals surface area contributed by atoms with Gasteiger partial charge in [-0.1, -0.05) is 47.6 Å². The summed E-state index contributed by atoms with van der Waals surface area (Å²) in [4.78, 5) is 38.1. The van der Waals surface area contributed by atoms with Gasteiger partial charge in [0.1, 0.15) is 5.71 Å². The average molecular weight is 417 g/mol. The summed E-state index contributed by atoms with van der Waals surface area (Å²) in [6.07, 6.45) is 3.00. The summed E-state index contributed by atoms with van der Waals surface area (Å²) in [7, 11) is 0. The van der Waals surface area contributed by atoms with Gasteiger partial charge in [-0.2, -0.15) is 0 Å². The molecule has 0 spiro atoms. The van der Waals surface area contributed by atoms with Crippen LogP contribution >= 0.6 is 0 Å². The van der Waals surface area contributed by atoms with Crippen LogP contribution < -0.4 is 0 Å². The van der Waals surface area contributed by atoms with Gasteiger partial charge in [-0.25, -0.2) is 4.79 Å². The van der Waals surface area contributed by atoms with Gasteiger partial charge in [0, 0.05) is 23.8 Å². The minimum Gasteiger partial charge on any atom is -0.312 e. The van der Waals surface area contributed by atoms with Gasteiger partial charge in [-0.15, -0.1) is 0 Å². The molecule has 3 aromatic carbocycles. The fourth-order valence-corrected chi connectivity index (χ4v) is 2.61. The van der Waals surface area contributed by atoms with E-state index in [1.165, 1.54) is 42.5 Å². The molecule has 3 aromatic rings. The maximum atomic E-state index is 12.3. The van der Waals surface area contributed by atoms with Crippen molar-refractivity contribution in [3.05, 3.63) is 122 Å². The van der Waals surface area contributed by atoms with E-state index in [2.05, 4.69) is 5.16 Å². The van der Waals surface area contributed by atoms with E-state index in [1.54, 1.807) is 48.5 Å². The van der Waals surface area contributed by atoms with Crippen molar-refractivity contribution < 1.29 is 19.5 Å². The SMILES string of the molecule is O=C(O/N=C(\C=C\c1ccccc1[N+](=O)[O-])c1ccccc1)c1ccc([N+](=O)[O-])cc1. The van der Waals surface area contributed by atoms with Crippen molar-refractivity contribution >= 4 is 29.1 Å². The van der Waals surface area contributed by atoms with Gasteiger partial charge < -0.3 is 4.84 Å². The third kappa shape index (κ3) is 5.45. The van der Waals surface area contributed by atoms with Gasteiger partial charge in [0.25, 0.3) is 11.4 Å². The number of para-hydroxylation sites is 1. The Bertz CT molecular complexity index is 1170. The minimum atomic E-state index is -0.803. The summed E-state index contributed by atoms with van der Waals surface area (Å²) < 4.78 is 0. The molecular formula is C22H15N3O6. The zero-order chi connectivity index (χ0) is 22.2. The zero-order valence-corrected chi connectivity index (χ0v) is 16.0. The first kappa shape index (κ1) is 21.1. The number of nitro benzene ring substituents is 2. The van der Waals surface area contributed by atoms with Crippen molar-refractivity contribution in [2.45, 2.75) is 0 Å². The second-order valence-corrected chi connectivity index (χ2v) is 6.17. The van der Waals surface area contributed by atoms with Gasteiger partial charge in [-0.05, 0) is 30.4 Å². The van der Waals surface area contributed by atoms with E-state index < -0.39 is 15.8 Å². The van der Waals surface area contributed by atoms with Crippen LogP contribution in [0.25, 0.3) is 6.08 Å². The topological polar surface area (TPSA) is 125 Å². The van der Waals surface area contributed by atoms with Crippen LogP contribution in [0.1, 0.15) is 21.5 Å². The summed E-state index contributed by atoms with van der Waals surface area (Å²) in [6.45, 7) is 0. The molecule has 31 heavy (non-hydrogen) atoms. The molecule has 0 radical (unpaired) electrons. The van der Waals surface area contributed by atoms with Gasteiger partial charge in [0.15, 0.2) is 0 Å². The predicted octanol–water partition coefficient (Wildman–Crippen LogP) is 4.78. The number of oxime groups is 1. The molecule has 154 valence electrons. The van der Waals surface area contributed by atoms with Crippen LogP contribution in [0.4, 0.5) is 11.4 Å². The van der Waals surface area contributed by atoms with Crippen LogP contribution in [-0.2, 0) is 4.84 Å². The molecule has 9 nitrogen and oxygen atoms in total. The van der Waals surface area contributed by atoms with Gasteiger partial charge in [0.05, 0.1) is 21.0 Å². The number of hydrogen-bond donors (Lipinski definition) is 0. The molecule has 9 heteroatoms. The molecule has 0 saturated carbocycles. The van der Waals surface area contributed by atoms with E-state index in [1.807, 2.05) is 0 Å². The summed E-state index contributed by atoms with van der Waals surface area (Å²) >= 11 is 0. The van der Waals surface area contributed by atoms with Crippen molar-refractivity contribution in [3.8, 4) is 0 Å². The van der Waals surface area contributed by atoms with Gasteiger partial charge >= 0.3 is 5.97 Å². The lowest BCUT2D eigenvalue weighted by atomic mass is 10.1. The predicted molar refractivity (Wildman–Crippen MR) is 114 cm³/mol. The number of nitro groups is 2. The van der Waals surface area contributed by atoms with Crippen molar-refractivity contribution in [2.75, 3.05) is 0 Å². The summed E-state index contributed by atoms with van der Waals surface area (Å²) in [5, 5.41) is 25.8. The standard InChI is InChI=1S/C22H15N3O6/c26-22(18-10-13-19(14-11-18)24(27)28)31-23-20(16-6-2-1-3-7-16)15-12-17-8-4-5-9-21(17)25(29)30/h1-15H/b15-12+,23-20+. The fourth-order valence-electron chi connectivity index (χ4n) is 2.61. The summed E-state index contributed by atoms with van der Waals surface area (Å²) in [5.74, 6) is -0.803.